The molecule has 1 saturated heterocycles. The van der Waals surface area contributed by atoms with Crippen LogP contribution in [0.3, 0.4) is 0 Å². The number of ether oxygens (including phenoxy) is 1. The summed E-state index contributed by atoms with van der Waals surface area (Å²) in [5, 5.41) is 0.642. The van der Waals surface area contributed by atoms with E-state index in [2.05, 4.69) is 4.98 Å². The maximum atomic E-state index is 12.0. The van der Waals surface area contributed by atoms with Crippen LogP contribution in [0.1, 0.15) is 11.7 Å². The number of aromatic nitrogens is 1. The van der Waals surface area contributed by atoms with Crippen LogP contribution in [0.2, 0.25) is 5.02 Å². The highest BCUT2D eigenvalue weighted by Crippen LogP contribution is 2.31. The van der Waals surface area contributed by atoms with Crippen LogP contribution >= 0.6 is 11.6 Å². The first kappa shape index (κ1) is 16.2. The molecule has 1 fully saturated rings. The van der Waals surface area contributed by atoms with Crippen LogP contribution in [0.25, 0.3) is 0 Å². The molecule has 2 aromatic rings. The van der Waals surface area contributed by atoms with Crippen LogP contribution in [0.5, 0.6) is 0 Å². The first-order valence-electron chi connectivity index (χ1n) is 7.23. The Morgan fingerprint density at radius 2 is 2.04 bits per heavy atom. The number of halogens is 1. The van der Waals surface area contributed by atoms with E-state index in [-0.39, 0.29) is 11.0 Å². The van der Waals surface area contributed by atoms with Crippen molar-refractivity contribution in [2.24, 2.45) is 0 Å². The first-order valence-corrected chi connectivity index (χ1v) is 9.50. The van der Waals surface area contributed by atoms with Gasteiger partial charge in [0.1, 0.15) is 16.8 Å². The summed E-state index contributed by atoms with van der Waals surface area (Å²) >= 11 is 6.25. The topological polar surface area (TPSA) is 59.5 Å². The Hall–Kier alpha value is -1.63. The van der Waals surface area contributed by atoms with Crippen LogP contribution in [0.15, 0.2) is 47.5 Å². The predicted octanol–water partition coefficient (Wildman–Crippen LogP) is 2.72. The van der Waals surface area contributed by atoms with Crippen molar-refractivity contribution in [3.8, 4) is 0 Å². The number of rotatable bonds is 3. The molecule has 2 heterocycles. The summed E-state index contributed by atoms with van der Waals surface area (Å²) < 4.78 is 29.8. The van der Waals surface area contributed by atoms with E-state index in [0.717, 1.165) is 5.56 Å². The summed E-state index contributed by atoms with van der Waals surface area (Å²) in [5.74, 6) is 0.468. The van der Waals surface area contributed by atoms with Crippen molar-refractivity contribution in [3.05, 3.63) is 53.2 Å². The quantitative estimate of drug-likeness (QED) is 0.850. The van der Waals surface area contributed by atoms with Crippen LogP contribution in [-0.4, -0.2) is 39.4 Å². The number of nitrogens with zero attached hydrogens (tertiary/aromatic N) is 2. The van der Waals surface area contributed by atoms with Gasteiger partial charge in [-0.2, -0.15) is 0 Å². The summed E-state index contributed by atoms with van der Waals surface area (Å²) in [6.07, 6.45) is 2.58. The van der Waals surface area contributed by atoms with Crippen molar-refractivity contribution in [2.45, 2.75) is 11.0 Å². The number of sulfone groups is 1. The van der Waals surface area contributed by atoms with E-state index in [9.17, 15) is 8.42 Å². The number of benzene rings is 1. The second kappa shape index (κ2) is 6.47. The van der Waals surface area contributed by atoms with Gasteiger partial charge in [0, 0.05) is 36.1 Å². The Morgan fingerprint density at radius 1 is 1.26 bits per heavy atom. The van der Waals surface area contributed by atoms with Crippen molar-refractivity contribution in [1.29, 1.82) is 0 Å². The zero-order chi connectivity index (χ0) is 16.4. The summed E-state index contributed by atoms with van der Waals surface area (Å²) in [7, 11) is -3.34. The third kappa shape index (κ3) is 3.49. The summed E-state index contributed by atoms with van der Waals surface area (Å²) in [5.41, 5.74) is 0.899. The van der Waals surface area contributed by atoms with Gasteiger partial charge >= 0.3 is 0 Å². The van der Waals surface area contributed by atoms with Gasteiger partial charge in [-0.1, -0.05) is 29.8 Å². The van der Waals surface area contributed by atoms with Crippen LogP contribution in [0, 0.1) is 0 Å². The molecule has 0 bridgehead atoms. The van der Waals surface area contributed by atoms with E-state index >= 15 is 0 Å². The van der Waals surface area contributed by atoms with Gasteiger partial charge in [-0.3, -0.25) is 0 Å². The molecule has 0 N–H and O–H groups in total. The zero-order valence-electron chi connectivity index (χ0n) is 12.6. The molecule has 1 aromatic heterocycles. The van der Waals surface area contributed by atoms with E-state index in [1.165, 1.54) is 6.26 Å². The fourth-order valence-electron chi connectivity index (χ4n) is 2.68. The number of hydrogen-bond acceptors (Lipinski definition) is 5. The van der Waals surface area contributed by atoms with E-state index in [1.54, 1.807) is 18.3 Å². The van der Waals surface area contributed by atoms with Gasteiger partial charge in [0.05, 0.1) is 6.61 Å². The highest BCUT2D eigenvalue weighted by molar-refractivity contribution is 7.90. The van der Waals surface area contributed by atoms with Crippen LogP contribution < -0.4 is 4.90 Å². The van der Waals surface area contributed by atoms with Crippen molar-refractivity contribution in [2.75, 3.05) is 30.9 Å². The molecule has 5 nitrogen and oxygen atoms in total. The van der Waals surface area contributed by atoms with Gasteiger partial charge in [0.2, 0.25) is 0 Å². The maximum Gasteiger partial charge on any atom is 0.179 e. The minimum absolute atomic E-state index is 0.216. The van der Waals surface area contributed by atoms with Crippen molar-refractivity contribution < 1.29 is 13.2 Å². The average Bonchev–Trinajstić information content (AvgIpc) is 2.55. The lowest BCUT2D eigenvalue weighted by Crippen LogP contribution is -2.39. The third-order valence-electron chi connectivity index (χ3n) is 3.77. The average molecular weight is 353 g/mol. The van der Waals surface area contributed by atoms with E-state index < -0.39 is 9.84 Å². The van der Waals surface area contributed by atoms with Gasteiger partial charge < -0.3 is 9.64 Å². The molecular formula is C16H17ClN2O3S. The number of hydrogen-bond donors (Lipinski definition) is 0. The highest BCUT2D eigenvalue weighted by atomic mass is 35.5. The number of morpholine rings is 1. The molecule has 1 unspecified atom stereocenters. The maximum absolute atomic E-state index is 12.0. The highest BCUT2D eigenvalue weighted by Gasteiger charge is 2.27. The van der Waals surface area contributed by atoms with Gasteiger partial charge in [0.25, 0.3) is 0 Å². The smallest absolute Gasteiger partial charge is 0.179 e. The Balaban J connectivity index is 1.93. The second-order valence-corrected chi connectivity index (χ2v) is 7.82. The molecule has 0 aliphatic carbocycles. The van der Waals surface area contributed by atoms with Gasteiger partial charge in [-0.25, -0.2) is 13.4 Å². The normalized spacial score (nSPS) is 18.9. The van der Waals surface area contributed by atoms with Crippen molar-refractivity contribution >= 4 is 27.3 Å². The molecule has 0 spiro atoms. The van der Waals surface area contributed by atoms with Gasteiger partial charge in [-0.15, -0.1) is 0 Å². The SMILES string of the molecule is CS(=O)(=O)c1cccnc1N1CCOC(c2ccccc2Cl)C1. The zero-order valence-corrected chi connectivity index (χ0v) is 14.2. The van der Waals surface area contributed by atoms with E-state index in [1.807, 2.05) is 29.2 Å². The molecular weight excluding hydrogens is 336 g/mol. The largest absolute Gasteiger partial charge is 0.370 e. The third-order valence-corrected chi connectivity index (χ3v) is 5.23. The molecule has 3 rings (SSSR count). The lowest BCUT2D eigenvalue weighted by molar-refractivity contribution is 0.0394. The van der Waals surface area contributed by atoms with Crippen molar-refractivity contribution in [1.82, 2.24) is 4.98 Å². The molecule has 0 saturated carbocycles. The second-order valence-electron chi connectivity index (χ2n) is 5.42. The molecule has 1 aromatic carbocycles. The molecule has 0 radical (unpaired) electrons. The first-order chi connectivity index (χ1) is 11.0. The molecule has 1 aliphatic heterocycles. The van der Waals surface area contributed by atoms with Crippen LogP contribution in [0.4, 0.5) is 5.82 Å². The van der Waals surface area contributed by atoms with Gasteiger partial charge in [0.15, 0.2) is 9.84 Å². The Morgan fingerprint density at radius 3 is 2.78 bits per heavy atom. The van der Waals surface area contributed by atoms with Gasteiger partial charge in [-0.05, 0) is 18.2 Å². The monoisotopic (exact) mass is 352 g/mol. The van der Waals surface area contributed by atoms with Crippen LogP contribution in [-0.2, 0) is 14.6 Å². The summed E-state index contributed by atoms with van der Waals surface area (Å²) in [6.45, 7) is 1.57. The molecule has 122 valence electrons. The minimum Gasteiger partial charge on any atom is -0.370 e. The molecule has 1 atom stereocenters. The Bertz CT molecular complexity index is 810. The molecule has 1 aliphatic rings. The lowest BCUT2D eigenvalue weighted by atomic mass is 10.1. The Kier molecular flexibility index (Phi) is 4.57. The molecule has 23 heavy (non-hydrogen) atoms. The lowest BCUT2D eigenvalue weighted by Gasteiger charge is -2.35. The number of pyridine rings is 1. The fraction of sp³-hybridized carbons (Fsp3) is 0.312. The fourth-order valence-corrected chi connectivity index (χ4v) is 3.77. The standard InChI is InChI=1S/C16H17ClN2O3S/c1-23(20,21)15-7-4-8-18-16(15)19-9-10-22-14(11-19)12-5-2-3-6-13(12)17/h2-8,14H,9-11H2,1H3. The number of anilines is 1. The summed E-state index contributed by atoms with van der Waals surface area (Å²) in [6, 6.07) is 10.7. The molecule has 7 heteroatoms. The Labute approximate surface area is 140 Å². The van der Waals surface area contributed by atoms with E-state index in [0.29, 0.717) is 30.5 Å². The van der Waals surface area contributed by atoms with Crippen molar-refractivity contribution in [3.63, 3.8) is 0 Å². The summed E-state index contributed by atoms with van der Waals surface area (Å²) in [4.78, 5) is 6.45. The molecule has 0 amide bonds. The predicted molar refractivity (Wildman–Crippen MR) is 89.7 cm³/mol. The van der Waals surface area contributed by atoms with E-state index in [4.69, 9.17) is 16.3 Å². The minimum atomic E-state index is -3.34.